The number of aryl methyl sites for hydroxylation is 1. The largest absolute Gasteiger partial charge is 0.507 e. The van der Waals surface area contributed by atoms with E-state index in [9.17, 15) is 9.90 Å². The van der Waals surface area contributed by atoms with Crippen molar-refractivity contribution in [1.82, 2.24) is 9.91 Å². The second-order valence-electron chi connectivity index (χ2n) is 8.74. The lowest BCUT2D eigenvalue weighted by Crippen LogP contribution is -2.59. The van der Waals surface area contributed by atoms with Crippen molar-refractivity contribution >= 4 is 11.8 Å². The fourth-order valence-electron chi connectivity index (χ4n) is 5.06. The topological polar surface area (TPSA) is 83.8 Å². The van der Waals surface area contributed by atoms with Crippen molar-refractivity contribution in [2.45, 2.75) is 44.9 Å². The Morgan fingerprint density at radius 2 is 2.06 bits per heavy atom. The Kier molecular flexibility index (Phi) is 5.31. The minimum Gasteiger partial charge on any atom is -0.507 e. The number of para-hydroxylation sites is 1. The summed E-state index contributed by atoms with van der Waals surface area (Å²) in [6.07, 6.45) is 1.50. The maximum Gasteiger partial charge on any atom is 0.409 e. The van der Waals surface area contributed by atoms with Gasteiger partial charge in [0.1, 0.15) is 5.75 Å². The molecule has 8 heteroatoms. The third-order valence-corrected chi connectivity index (χ3v) is 6.74. The van der Waals surface area contributed by atoms with E-state index in [1.54, 1.807) is 18.1 Å². The number of nitrogens with zero attached hydrogens (tertiary/aromatic N) is 3. The van der Waals surface area contributed by atoms with Gasteiger partial charge in [-0.15, -0.1) is 0 Å². The van der Waals surface area contributed by atoms with E-state index in [1.165, 1.54) is 0 Å². The van der Waals surface area contributed by atoms with Gasteiger partial charge in [0.15, 0.2) is 11.5 Å². The van der Waals surface area contributed by atoms with Crippen molar-refractivity contribution in [3.8, 4) is 17.2 Å². The van der Waals surface area contributed by atoms with E-state index in [1.807, 2.05) is 49.2 Å². The maximum absolute atomic E-state index is 12.3. The van der Waals surface area contributed by atoms with Gasteiger partial charge in [-0.2, -0.15) is 5.10 Å². The fourth-order valence-corrected chi connectivity index (χ4v) is 5.06. The van der Waals surface area contributed by atoms with Crippen LogP contribution in [-0.4, -0.2) is 59.4 Å². The van der Waals surface area contributed by atoms with Crippen LogP contribution in [0.25, 0.3) is 0 Å². The van der Waals surface area contributed by atoms with Crippen molar-refractivity contribution in [2.75, 3.05) is 26.8 Å². The molecule has 2 aromatic rings. The Morgan fingerprint density at radius 1 is 1.27 bits per heavy atom. The average Bonchev–Trinajstić information content (AvgIpc) is 3.28. The Labute approximate surface area is 193 Å². The summed E-state index contributed by atoms with van der Waals surface area (Å²) in [6.45, 7) is 5.17. The monoisotopic (exact) mass is 451 g/mol. The molecule has 3 heterocycles. The van der Waals surface area contributed by atoms with E-state index in [0.29, 0.717) is 44.7 Å². The first-order chi connectivity index (χ1) is 16.0. The lowest BCUT2D eigenvalue weighted by Gasteiger charge is -2.51. The predicted molar refractivity (Wildman–Crippen MR) is 123 cm³/mol. The third-order valence-electron chi connectivity index (χ3n) is 6.74. The smallest absolute Gasteiger partial charge is 0.409 e. The lowest BCUT2D eigenvalue weighted by molar-refractivity contribution is -0.148. The van der Waals surface area contributed by atoms with Gasteiger partial charge in [-0.3, -0.25) is 0 Å². The summed E-state index contributed by atoms with van der Waals surface area (Å²) < 4.78 is 17.5. The third kappa shape index (κ3) is 3.53. The molecule has 1 saturated heterocycles. The van der Waals surface area contributed by atoms with E-state index in [2.05, 4.69) is 0 Å². The number of hydrogen-bond donors (Lipinski definition) is 1. The highest BCUT2D eigenvalue weighted by Crippen LogP contribution is 2.53. The molecule has 3 aliphatic heterocycles. The number of hydrogen-bond acceptors (Lipinski definition) is 7. The van der Waals surface area contributed by atoms with Crippen LogP contribution >= 0.6 is 0 Å². The number of aromatic hydroxyl groups is 1. The molecule has 8 nitrogen and oxygen atoms in total. The summed E-state index contributed by atoms with van der Waals surface area (Å²) in [5, 5.41) is 17.6. The highest BCUT2D eigenvalue weighted by atomic mass is 16.6. The van der Waals surface area contributed by atoms with Crippen LogP contribution < -0.4 is 9.47 Å². The van der Waals surface area contributed by atoms with Gasteiger partial charge in [0.05, 0.1) is 25.5 Å². The van der Waals surface area contributed by atoms with E-state index < -0.39 is 5.72 Å². The van der Waals surface area contributed by atoms with E-state index >= 15 is 0 Å². The molecular formula is C25H29N3O5. The molecule has 1 atom stereocenters. The van der Waals surface area contributed by atoms with Crippen LogP contribution in [0.4, 0.5) is 4.79 Å². The van der Waals surface area contributed by atoms with E-state index in [4.69, 9.17) is 19.3 Å². The number of phenols is 1. The molecule has 33 heavy (non-hydrogen) atoms. The average molecular weight is 452 g/mol. The number of carbonyl (C=O) groups is 1. The fraction of sp³-hybridized carbons (Fsp3) is 0.440. The number of ether oxygens (including phenoxy) is 3. The second kappa shape index (κ2) is 8.17. The number of phenolic OH excluding ortho intramolecular Hbond substituents is 1. The van der Waals surface area contributed by atoms with Gasteiger partial charge in [-0.25, -0.2) is 9.80 Å². The molecule has 0 saturated carbocycles. The molecule has 0 aromatic heterocycles. The van der Waals surface area contributed by atoms with Crippen LogP contribution in [0, 0.1) is 6.92 Å². The quantitative estimate of drug-likeness (QED) is 0.753. The number of likely N-dealkylation sites (tertiary alicyclic amines) is 1. The van der Waals surface area contributed by atoms with Gasteiger partial charge in [0.25, 0.3) is 0 Å². The normalized spacial score (nSPS) is 20.6. The molecule has 3 aliphatic rings. The molecule has 2 aromatic carbocycles. The van der Waals surface area contributed by atoms with Crippen LogP contribution in [0.5, 0.6) is 17.2 Å². The van der Waals surface area contributed by atoms with Gasteiger partial charge in [0, 0.05) is 43.5 Å². The molecule has 0 aliphatic carbocycles. The van der Waals surface area contributed by atoms with Gasteiger partial charge < -0.3 is 24.2 Å². The van der Waals surface area contributed by atoms with E-state index in [0.717, 1.165) is 28.2 Å². The summed E-state index contributed by atoms with van der Waals surface area (Å²) in [4.78, 5) is 14.0. The first-order valence-corrected chi connectivity index (χ1v) is 11.4. The van der Waals surface area contributed by atoms with Crippen molar-refractivity contribution in [3.05, 3.63) is 53.1 Å². The SMILES string of the molecule is CCOC(=O)N1CCC2(CC1)Oc1c(OC)cccc1C1CC(c3cc(C)ccc3O)=NN12. The number of piperidine rings is 1. The molecular weight excluding hydrogens is 422 g/mol. The Bertz CT molecular complexity index is 1110. The van der Waals surface area contributed by atoms with Crippen LogP contribution in [-0.2, 0) is 4.74 Å². The summed E-state index contributed by atoms with van der Waals surface area (Å²) >= 11 is 0. The summed E-state index contributed by atoms with van der Waals surface area (Å²) in [7, 11) is 1.64. The minimum absolute atomic E-state index is 0.0482. The van der Waals surface area contributed by atoms with Crippen LogP contribution in [0.1, 0.15) is 48.9 Å². The molecule has 1 N–H and O–H groups in total. The van der Waals surface area contributed by atoms with Crippen molar-refractivity contribution < 1.29 is 24.1 Å². The van der Waals surface area contributed by atoms with Crippen LogP contribution in [0.3, 0.4) is 0 Å². The van der Waals surface area contributed by atoms with Crippen molar-refractivity contribution in [1.29, 1.82) is 0 Å². The summed E-state index contributed by atoms with van der Waals surface area (Å²) in [5.41, 5.74) is 2.93. The minimum atomic E-state index is -0.712. The zero-order valence-electron chi connectivity index (χ0n) is 19.2. The zero-order valence-corrected chi connectivity index (χ0v) is 19.2. The number of methoxy groups -OCH3 is 1. The molecule has 0 radical (unpaired) electrons. The number of rotatable bonds is 3. The van der Waals surface area contributed by atoms with E-state index in [-0.39, 0.29) is 17.9 Å². The lowest BCUT2D eigenvalue weighted by atomic mass is 9.90. The Morgan fingerprint density at radius 3 is 2.79 bits per heavy atom. The first kappa shape index (κ1) is 21.4. The van der Waals surface area contributed by atoms with Gasteiger partial charge in [-0.1, -0.05) is 23.8 Å². The number of fused-ring (bicyclic) bond motifs is 4. The number of carbonyl (C=O) groups excluding carboxylic acids is 1. The highest BCUT2D eigenvalue weighted by Gasteiger charge is 2.53. The Hall–Kier alpha value is -3.42. The summed E-state index contributed by atoms with van der Waals surface area (Å²) in [6, 6.07) is 11.4. The van der Waals surface area contributed by atoms with Crippen molar-refractivity contribution in [2.24, 2.45) is 5.10 Å². The molecule has 0 bridgehead atoms. The zero-order chi connectivity index (χ0) is 23.2. The predicted octanol–water partition coefficient (Wildman–Crippen LogP) is 4.20. The molecule has 1 unspecified atom stereocenters. The maximum atomic E-state index is 12.3. The van der Waals surface area contributed by atoms with Crippen molar-refractivity contribution in [3.63, 3.8) is 0 Å². The Balaban J connectivity index is 1.54. The molecule has 1 spiro atoms. The van der Waals surface area contributed by atoms with Gasteiger partial charge >= 0.3 is 6.09 Å². The number of amides is 1. The standard InChI is InChI=1S/C25H29N3O5/c1-4-32-24(30)27-12-10-25(11-13-27)28-20(17-6-5-7-22(31-3)23(17)33-25)15-19(26-28)18-14-16(2)8-9-21(18)29/h5-9,14,20,29H,4,10-13,15H2,1-3H3. The van der Waals surface area contributed by atoms with Gasteiger partial charge in [-0.05, 0) is 32.0 Å². The number of benzene rings is 2. The molecule has 1 amide bonds. The summed E-state index contributed by atoms with van der Waals surface area (Å²) in [5.74, 6) is 1.64. The first-order valence-electron chi connectivity index (χ1n) is 11.4. The number of hydrazone groups is 1. The molecule has 174 valence electrons. The molecule has 1 fully saturated rings. The highest BCUT2D eigenvalue weighted by molar-refractivity contribution is 6.04. The van der Waals surface area contributed by atoms with Crippen LogP contribution in [0.15, 0.2) is 41.5 Å². The van der Waals surface area contributed by atoms with Gasteiger partial charge in [0.2, 0.25) is 5.72 Å². The van der Waals surface area contributed by atoms with Crippen LogP contribution in [0.2, 0.25) is 0 Å². The second-order valence-corrected chi connectivity index (χ2v) is 8.74. The molecule has 5 rings (SSSR count).